The average Bonchev–Trinajstić information content (AvgIpc) is 3.24. The van der Waals surface area contributed by atoms with Crippen molar-refractivity contribution >= 4 is 17.2 Å². The quantitative estimate of drug-likeness (QED) is 0.499. The van der Waals surface area contributed by atoms with Crippen LogP contribution in [0.2, 0.25) is 0 Å². The number of hydrogen-bond donors (Lipinski definition) is 2. The molecule has 0 amide bonds. The zero-order valence-corrected chi connectivity index (χ0v) is 17.7. The second-order valence-corrected chi connectivity index (χ2v) is 8.04. The lowest BCUT2D eigenvalue weighted by molar-refractivity contribution is -0.0929. The highest BCUT2D eigenvalue weighted by Gasteiger charge is 2.24. The van der Waals surface area contributed by atoms with Gasteiger partial charge in [-0.15, -0.1) is 0 Å². The molecule has 1 saturated heterocycles. The van der Waals surface area contributed by atoms with Gasteiger partial charge < -0.3 is 24.8 Å². The van der Waals surface area contributed by atoms with Gasteiger partial charge in [-0.1, -0.05) is 6.07 Å². The number of anilines is 2. The Morgan fingerprint density at radius 2 is 1.85 bits per heavy atom. The van der Waals surface area contributed by atoms with Gasteiger partial charge >= 0.3 is 0 Å². The van der Waals surface area contributed by atoms with Crippen LogP contribution in [0.4, 0.5) is 15.9 Å². The average molecular weight is 447 g/mol. The van der Waals surface area contributed by atoms with Gasteiger partial charge in [0, 0.05) is 47.9 Å². The monoisotopic (exact) mass is 447 g/mol. The van der Waals surface area contributed by atoms with E-state index in [4.69, 9.17) is 14.5 Å². The summed E-state index contributed by atoms with van der Waals surface area (Å²) in [4.78, 5) is 11.8. The Hall–Kier alpha value is -3.53. The second-order valence-electron chi connectivity index (χ2n) is 8.04. The SMILES string of the molecule is OC1Nc2ccc(-c3c(-c4ccc(F)cc4)nc4c(N5CCOCC5)nccn34)cc2CO1. The van der Waals surface area contributed by atoms with Crippen LogP contribution in [0.3, 0.4) is 0 Å². The van der Waals surface area contributed by atoms with Crippen LogP contribution in [0.15, 0.2) is 54.9 Å². The lowest BCUT2D eigenvalue weighted by atomic mass is 10.0. The van der Waals surface area contributed by atoms with Crippen molar-refractivity contribution in [2.24, 2.45) is 0 Å². The minimum absolute atomic E-state index is 0.292. The van der Waals surface area contributed by atoms with Crippen LogP contribution in [0, 0.1) is 5.82 Å². The van der Waals surface area contributed by atoms with E-state index in [0.717, 1.165) is 58.3 Å². The Morgan fingerprint density at radius 1 is 1.06 bits per heavy atom. The second kappa shape index (κ2) is 8.11. The summed E-state index contributed by atoms with van der Waals surface area (Å²) < 4.78 is 26.5. The van der Waals surface area contributed by atoms with Crippen LogP contribution in [0.25, 0.3) is 28.2 Å². The summed E-state index contributed by atoms with van der Waals surface area (Å²) in [6.45, 7) is 3.06. The van der Waals surface area contributed by atoms with Gasteiger partial charge in [0.1, 0.15) is 5.82 Å². The number of morpholine rings is 1. The zero-order valence-electron chi connectivity index (χ0n) is 17.7. The van der Waals surface area contributed by atoms with E-state index in [-0.39, 0.29) is 5.82 Å². The summed E-state index contributed by atoms with van der Waals surface area (Å²) in [5.74, 6) is 0.497. The minimum atomic E-state index is -1.02. The molecule has 0 spiro atoms. The number of aliphatic hydroxyl groups excluding tert-OH is 1. The lowest BCUT2D eigenvalue weighted by Gasteiger charge is -2.27. The topological polar surface area (TPSA) is 84.2 Å². The van der Waals surface area contributed by atoms with Crippen molar-refractivity contribution in [2.45, 2.75) is 13.0 Å². The summed E-state index contributed by atoms with van der Waals surface area (Å²) in [5.41, 5.74) is 5.85. The molecule has 1 fully saturated rings. The largest absolute Gasteiger partial charge is 0.378 e. The van der Waals surface area contributed by atoms with Crippen molar-refractivity contribution in [1.29, 1.82) is 0 Å². The number of rotatable bonds is 3. The molecule has 2 N–H and O–H groups in total. The first-order valence-corrected chi connectivity index (χ1v) is 10.8. The third kappa shape index (κ3) is 3.60. The van der Waals surface area contributed by atoms with Crippen LogP contribution >= 0.6 is 0 Å². The Kier molecular flexibility index (Phi) is 4.94. The molecule has 2 aromatic carbocycles. The molecule has 6 rings (SSSR count). The highest BCUT2D eigenvalue weighted by molar-refractivity contribution is 5.85. The van der Waals surface area contributed by atoms with Gasteiger partial charge in [0.2, 0.25) is 6.41 Å². The number of imidazole rings is 1. The third-order valence-corrected chi connectivity index (χ3v) is 6.01. The Balaban J connectivity index is 1.56. The summed E-state index contributed by atoms with van der Waals surface area (Å²) in [5, 5.41) is 12.6. The molecular weight excluding hydrogens is 425 g/mol. The van der Waals surface area contributed by atoms with Gasteiger partial charge in [0.05, 0.1) is 31.2 Å². The molecule has 9 heteroatoms. The molecule has 0 bridgehead atoms. The van der Waals surface area contributed by atoms with Gasteiger partial charge in [-0.3, -0.25) is 4.40 Å². The first kappa shape index (κ1) is 20.1. The van der Waals surface area contributed by atoms with Crippen LogP contribution < -0.4 is 10.2 Å². The van der Waals surface area contributed by atoms with E-state index in [1.165, 1.54) is 12.1 Å². The zero-order chi connectivity index (χ0) is 22.4. The van der Waals surface area contributed by atoms with Crippen molar-refractivity contribution < 1.29 is 19.0 Å². The first-order chi connectivity index (χ1) is 16.2. The maximum atomic E-state index is 13.7. The fourth-order valence-corrected chi connectivity index (χ4v) is 4.39. The lowest BCUT2D eigenvalue weighted by Crippen LogP contribution is -2.37. The van der Waals surface area contributed by atoms with Gasteiger partial charge in [0.15, 0.2) is 11.5 Å². The molecule has 1 unspecified atom stereocenters. The Morgan fingerprint density at radius 3 is 2.67 bits per heavy atom. The number of aromatic nitrogens is 3. The van der Waals surface area contributed by atoms with Crippen LogP contribution in [-0.2, 0) is 16.1 Å². The summed E-state index contributed by atoms with van der Waals surface area (Å²) in [7, 11) is 0. The molecule has 2 aromatic heterocycles. The Bertz CT molecular complexity index is 1320. The first-order valence-electron chi connectivity index (χ1n) is 10.8. The number of nitrogens with one attached hydrogen (secondary N) is 1. The third-order valence-electron chi connectivity index (χ3n) is 6.01. The molecule has 8 nitrogen and oxygen atoms in total. The molecule has 168 valence electrons. The standard InChI is InChI=1S/C24H22FN5O3/c25-18-4-1-15(2-5-18)20-21(16-3-6-19-17(13-16)14-33-24(31)27-19)30-8-7-26-22(23(30)28-20)29-9-11-32-12-10-29/h1-8,13,24,27,31H,9-12,14H2. The molecule has 1 atom stereocenters. The van der Waals surface area contributed by atoms with Crippen molar-refractivity contribution in [2.75, 3.05) is 36.5 Å². The number of nitrogens with zero attached hydrogens (tertiary/aromatic N) is 4. The van der Waals surface area contributed by atoms with Crippen LogP contribution in [0.5, 0.6) is 0 Å². The molecule has 4 heterocycles. The van der Waals surface area contributed by atoms with Crippen molar-refractivity contribution in [3.05, 3.63) is 66.2 Å². The number of halogens is 1. The smallest absolute Gasteiger partial charge is 0.235 e. The van der Waals surface area contributed by atoms with Gasteiger partial charge in [-0.25, -0.2) is 14.4 Å². The molecule has 2 aliphatic rings. The van der Waals surface area contributed by atoms with Gasteiger partial charge in [-0.05, 0) is 36.4 Å². The molecule has 4 aromatic rings. The highest BCUT2D eigenvalue weighted by atomic mass is 19.1. The molecule has 0 radical (unpaired) electrons. The van der Waals surface area contributed by atoms with Crippen molar-refractivity contribution in [1.82, 2.24) is 14.4 Å². The van der Waals surface area contributed by atoms with Crippen molar-refractivity contribution in [3.63, 3.8) is 0 Å². The predicted molar refractivity (Wildman–Crippen MR) is 121 cm³/mol. The number of ether oxygens (including phenoxy) is 2. The summed E-state index contributed by atoms with van der Waals surface area (Å²) >= 11 is 0. The normalized spacial score (nSPS) is 18.2. The number of aliphatic hydroxyl groups is 1. The van der Waals surface area contributed by atoms with Gasteiger partial charge in [0.25, 0.3) is 0 Å². The number of fused-ring (bicyclic) bond motifs is 2. The van der Waals surface area contributed by atoms with Crippen LogP contribution in [-0.4, -0.2) is 52.2 Å². The molecule has 0 aliphatic carbocycles. The Labute approximate surface area is 189 Å². The minimum Gasteiger partial charge on any atom is -0.378 e. The maximum Gasteiger partial charge on any atom is 0.235 e. The molecule has 2 aliphatic heterocycles. The van der Waals surface area contributed by atoms with E-state index in [1.807, 2.05) is 28.8 Å². The fraction of sp³-hybridized carbons (Fsp3) is 0.250. The highest BCUT2D eigenvalue weighted by Crippen LogP contribution is 2.37. The van der Waals surface area contributed by atoms with E-state index in [2.05, 4.69) is 15.2 Å². The number of benzene rings is 2. The van der Waals surface area contributed by atoms with E-state index in [9.17, 15) is 9.50 Å². The van der Waals surface area contributed by atoms with Crippen molar-refractivity contribution in [3.8, 4) is 22.5 Å². The van der Waals surface area contributed by atoms with E-state index in [1.54, 1.807) is 18.3 Å². The fourth-order valence-electron chi connectivity index (χ4n) is 4.39. The maximum absolute atomic E-state index is 13.7. The van der Waals surface area contributed by atoms with E-state index in [0.29, 0.717) is 19.8 Å². The molecule has 33 heavy (non-hydrogen) atoms. The number of hydrogen-bond acceptors (Lipinski definition) is 7. The molecule has 0 saturated carbocycles. The van der Waals surface area contributed by atoms with E-state index >= 15 is 0 Å². The summed E-state index contributed by atoms with van der Waals surface area (Å²) in [6, 6.07) is 12.3. The van der Waals surface area contributed by atoms with Gasteiger partial charge in [-0.2, -0.15) is 0 Å². The van der Waals surface area contributed by atoms with Crippen LogP contribution in [0.1, 0.15) is 5.56 Å². The molecular formula is C24H22FN5O3. The predicted octanol–water partition coefficient (Wildman–Crippen LogP) is 3.26. The van der Waals surface area contributed by atoms with E-state index < -0.39 is 6.41 Å². The summed E-state index contributed by atoms with van der Waals surface area (Å²) in [6.07, 6.45) is 2.65.